The number of rotatable bonds is 5. The van der Waals surface area contributed by atoms with E-state index in [1.54, 1.807) is 23.7 Å². The summed E-state index contributed by atoms with van der Waals surface area (Å²) in [7, 11) is 0. The van der Waals surface area contributed by atoms with Crippen molar-refractivity contribution in [1.29, 1.82) is 0 Å². The molecular weight excluding hydrogens is 246 g/mol. The fourth-order valence-electron chi connectivity index (χ4n) is 1.60. The zero-order valence-corrected chi connectivity index (χ0v) is 11.0. The van der Waals surface area contributed by atoms with E-state index in [0.29, 0.717) is 12.1 Å². The molecule has 0 unspecified atom stereocenters. The van der Waals surface area contributed by atoms with Crippen molar-refractivity contribution in [2.24, 2.45) is 0 Å². The second-order valence-corrected chi connectivity index (χ2v) is 4.75. The molecule has 0 bridgehead atoms. The van der Waals surface area contributed by atoms with Gasteiger partial charge in [0.05, 0.1) is 17.8 Å². The van der Waals surface area contributed by atoms with Gasteiger partial charge in [0.2, 0.25) is 0 Å². The van der Waals surface area contributed by atoms with Gasteiger partial charge in [-0.15, -0.1) is 11.3 Å². The number of thiophene rings is 1. The summed E-state index contributed by atoms with van der Waals surface area (Å²) in [5, 5.41) is 8.04. The molecule has 0 fully saturated rings. The lowest BCUT2D eigenvalue weighted by molar-refractivity contribution is 0.0952. The number of amides is 1. The number of carbonyl (C=O) groups is 1. The molecule has 0 aliphatic rings. The molecule has 2 N–H and O–H groups in total. The monoisotopic (exact) mass is 261 g/mol. The lowest BCUT2D eigenvalue weighted by atomic mass is 10.2. The Morgan fingerprint density at radius 1 is 1.44 bits per heavy atom. The molecule has 18 heavy (non-hydrogen) atoms. The first kappa shape index (κ1) is 12.6. The average Bonchev–Trinajstić information content (AvgIpc) is 2.90. The van der Waals surface area contributed by atoms with Crippen LogP contribution in [0.2, 0.25) is 0 Å². The summed E-state index contributed by atoms with van der Waals surface area (Å²) in [6, 6.07) is 5.78. The molecule has 2 heterocycles. The Kier molecular flexibility index (Phi) is 4.30. The normalized spacial score (nSPS) is 10.1. The van der Waals surface area contributed by atoms with Crippen LogP contribution in [0.15, 0.2) is 36.0 Å². The molecule has 5 heteroatoms. The Morgan fingerprint density at radius 3 is 3.06 bits per heavy atom. The minimum Gasteiger partial charge on any atom is -0.385 e. The number of pyridine rings is 1. The average molecular weight is 261 g/mol. The standard InChI is InChI=1S/C13H15N3OS/c1-2-15-12-5-6-14-9-11(12)13(17)16-8-10-4-3-7-18-10/h3-7,9H,2,8H2,1H3,(H,14,15)(H,16,17). The van der Waals surface area contributed by atoms with Crippen molar-refractivity contribution in [2.45, 2.75) is 13.5 Å². The molecule has 0 saturated heterocycles. The second-order valence-electron chi connectivity index (χ2n) is 3.71. The van der Waals surface area contributed by atoms with Crippen molar-refractivity contribution < 1.29 is 4.79 Å². The molecule has 94 valence electrons. The highest BCUT2D eigenvalue weighted by Gasteiger charge is 2.10. The van der Waals surface area contributed by atoms with Crippen LogP contribution in [0, 0.1) is 0 Å². The molecule has 0 aliphatic heterocycles. The van der Waals surface area contributed by atoms with E-state index in [1.807, 2.05) is 30.5 Å². The Bertz CT molecular complexity index is 511. The van der Waals surface area contributed by atoms with Crippen LogP contribution in [0.25, 0.3) is 0 Å². The largest absolute Gasteiger partial charge is 0.385 e. The van der Waals surface area contributed by atoms with Gasteiger partial charge in [0.15, 0.2) is 0 Å². The highest BCUT2D eigenvalue weighted by atomic mass is 32.1. The fraction of sp³-hybridized carbons (Fsp3) is 0.231. The molecule has 0 radical (unpaired) electrons. The Hall–Kier alpha value is -1.88. The summed E-state index contributed by atoms with van der Waals surface area (Å²) in [4.78, 5) is 17.2. The van der Waals surface area contributed by atoms with Gasteiger partial charge >= 0.3 is 0 Å². The third kappa shape index (κ3) is 3.07. The molecule has 0 aromatic carbocycles. The van der Waals surface area contributed by atoms with E-state index < -0.39 is 0 Å². The van der Waals surface area contributed by atoms with Crippen LogP contribution in [0.3, 0.4) is 0 Å². The quantitative estimate of drug-likeness (QED) is 0.869. The van der Waals surface area contributed by atoms with Gasteiger partial charge in [-0.2, -0.15) is 0 Å². The van der Waals surface area contributed by atoms with Gasteiger partial charge in [0.25, 0.3) is 5.91 Å². The zero-order chi connectivity index (χ0) is 12.8. The van der Waals surface area contributed by atoms with E-state index >= 15 is 0 Å². The first-order valence-electron chi connectivity index (χ1n) is 5.79. The molecule has 0 atom stereocenters. The number of hydrogen-bond donors (Lipinski definition) is 2. The molecular formula is C13H15N3OS. The van der Waals surface area contributed by atoms with Gasteiger partial charge in [-0.25, -0.2) is 0 Å². The smallest absolute Gasteiger partial charge is 0.255 e. The summed E-state index contributed by atoms with van der Waals surface area (Å²) >= 11 is 1.63. The van der Waals surface area contributed by atoms with Crippen LogP contribution in [-0.4, -0.2) is 17.4 Å². The number of anilines is 1. The maximum Gasteiger partial charge on any atom is 0.255 e. The number of nitrogens with zero attached hydrogens (tertiary/aromatic N) is 1. The van der Waals surface area contributed by atoms with Gasteiger partial charge in [-0.1, -0.05) is 6.07 Å². The van der Waals surface area contributed by atoms with E-state index in [-0.39, 0.29) is 5.91 Å². The highest BCUT2D eigenvalue weighted by molar-refractivity contribution is 7.09. The zero-order valence-electron chi connectivity index (χ0n) is 10.1. The summed E-state index contributed by atoms with van der Waals surface area (Å²) in [5.41, 5.74) is 1.40. The Morgan fingerprint density at radius 2 is 2.33 bits per heavy atom. The number of carbonyl (C=O) groups excluding carboxylic acids is 1. The van der Waals surface area contributed by atoms with Crippen molar-refractivity contribution >= 4 is 22.9 Å². The SMILES string of the molecule is CCNc1ccncc1C(=O)NCc1cccs1. The maximum atomic E-state index is 12.0. The number of nitrogens with one attached hydrogen (secondary N) is 2. The molecule has 0 saturated carbocycles. The number of aromatic nitrogens is 1. The van der Waals surface area contributed by atoms with E-state index in [0.717, 1.165) is 17.1 Å². The Labute approximate surface area is 110 Å². The van der Waals surface area contributed by atoms with Crippen LogP contribution in [0.5, 0.6) is 0 Å². The molecule has 1 amide bonds. The highest BCUT2D eigenvalue weighted by Crippen LogP contribution is 2.14. The predicted molar refractivity (Wildman–Crippen MR) is 73.9 cm³/mol. The maximum absolute atomic E-state index is 12.0. The minimum atomic E-state index is -0.104. The molecule has 4 nitrogen and oxygen atoms in total. The molecule has 0 aliphatic carbocycles. The van der Waals surface area contributed by atoms with Crippen LogP contribution in [0.1, 0.15) is 22.2 Å². The molecule has 2 rings (SSSR count). The first-order valence-corrected chi connectivity index (χ1v) is 6.67. The van der Waals surface area contributed by atoms with Gasteiger partial charge in [0, 0.05) is 23.8 Å². The lowest BCUT2D eigenvalue weighted by Gasteiger charge is -2.09. The molecule has 0 spiro atoms. The fourth-order valence-corrected chi connectivity index (χ4v) is 2.24. The number of hydrogen-bond acceptors (Lipinski definition) is 4. The van der Waals surface area contributed by atoms with Gasteiger partial charge in [-0.05, 0) is 24.4 Å². The predicted octanol–water partition coefficient (Wildman–Crippen LogP) is 2.50. The van der Waals surface area contributed by atoms with Crippen molar-refractivity contribution in [3.05, 3.63) is 46.4 Å². The Balaban J connectivity index is 2.04. The summed E-state index contributed by atoms with van der Waals surface area (Å²) in [5.74, 6) is -0.104. The van der Waals surface area contributed by atoms with Gasteiger partial charge in [-0.3, -0.25) is 9.78 Å². The summed E-state index contributed by atoms with van der Waals surface area (Å²) in [6.07, 6.45) is 3.26. The van der Waals surface area contributed by atoms with Crippen molar-refractivity contribution in [2.75, 3.05) is 11.9 Å². The van der Waals surface area contributed by atoms with Gasteiger partial charge < -0.3 is 10.6 Å². The van der Waals surface area contributed by atoms with Crippen LogP contribution in [0.4, 0.5) is 5.69 Å². The second kappa shape index (κ2) is 6.16. The van der Waals surface area contributed by atoms with Crippen molar-refractivity contribution in [1.82, 2.24) is 10.3 Å². The third-order valence-electron chi connectivity index (χ3n) is 2.44. The van der Waals surface area contributed by atoms with E-state index in [1.165, 1.54) is 0 Å². The van der Waals surface area contributed by atoms with Crippen LogP contribution in [-0.2, 0) is 6.54 Å². The molecule has 2 aromatic rings. The minimum absolute atomic E-state index is 0.104. The summed E-state index contributed by atoms with van der Waals surface area (Å²) < 4.78 is 0. The summed E-state index contributed by atoms with van der Waals surface area (Å²) in [6.45, 7) is 3.32. The van der Waals surface area contributed by atoms with Crippen LogP contribution < -0.4 is 10.6 Å². The van der Waals surface area contributed by atoms with Gasteiger partial charge in [0.1, 0.15) is 0 Å². The van der Waals surface area contributed by atoms with Crippen molar-refractivity contribution in [3.63, 3.8) is 0 Å². The van der Waals surface area contributed by atoms with Crippen LogP contribution >= 0.6 is 11.3 Å². The van der Waals surface area contributed by atoms with E-state index in [4.69, 9.17) is 0 Å². The lowest BCUT2D eigenvalue weighted by Crippen LogP contribution is -2.23. The third-order valence-corrected chi connectivity index (χ3v) is 3.31. The van der Waals surface area contributed by atoms with E-state index in [2.05, 4.69) is 15.6 Å². The topological polar surface area (TPSA) is 54.0 Å². The van der Waals surface area contributed by atoms with Crippen molar-refractivity contribution in [3.8, 4) is 0 Å². The van der Waals surface area contributed by atoms with E-state index in [9.17, 15) is 4.79 Å². The first-order chi connectivity index (χ1) is 8.81. The molecule has 2 aromatic heterocycles.